The number of epoxide rings is 1. The highest BCUT2D eigenvalue weighted by atomic mass is 16.6. The van der Waals surface area contributed by atoms with Gasteiger partial charge in [0, 0.05) is 37.5 Å². The monoisotopic (exact) mass is 626 g/mol. The number of esters is 1. The molecule has 4 aliphatic rings. The van der Waals surface area contributed by atoms with Crippen molar-refractivity contribution in [1.29, 1.82) is 0 Å². The molecule has 0 aromatic heterocycles. The van der Waals surface area contributed by atoms with E-state index in [-0.39, 0.29) is 47.4 Å². The summed E-state index contributed by atoms with van der Waals surface area (Å²) in [6, 6.07) is 0.688. The van der Waals surface area contributed by atoms with Gasteiger partial charge in [-0.15, -0.1) is 0 Å². The maximum absolute atomic E-state index is 13.3. The summed E-state index contributed by atoms with van der Waals surface area (Å²) in [6.07, 6.45) is 15.7. The summed E-state index contributed by atoms with van der Waals surface area (Å²) >= 11 is 0. The summed E-state index contributed by atoms with van der Waals surface area (Å²) in [6.45, 7) is 21.5. The van der Waals surface area contributed by atoms with Crippen molar-refractivity contribution in [1.82, 2.24) is 9.80 Å². The summed E-state index contributed by atoms with van der Waals surface area (Å²) in [4.78, 5) is 30.6. The molecule has 3 fully saturated rings. The second-order valence-corrected chi connectivity index (χ2v) is 15.8. The fraction of sp³-hybridized carbons (Fsp3) is 0.789. The van der Waals surface area contributed by atoms with Crippen LogP contribution >= 0.6 is 0 Å². The van der Waals surface area contributed by atoms with Gasteiger partial charge in [0.2, 0.25) is 0 Å². The van der Waals surface area contributed by atoms with Crippen LogP contribution in [0.3, 0.4) is 0 Å². The molecule has 0 aliphatic carbocycles. The van der Waals surface area contributed by atoms with Crippen LogP contribution in [-0.4, -0.2) is 78.5 Å². The van der Waals surface area contributed by atoms with Crippen molar-refractivity contribution in [2.45, 2.75) is 137 Å². The summed E-state index contributed by atoms with van der Waals surface area (Å²) in [5, 5.41) is 0. The summed E-state index contributed by atoms with van der Waals surface area (Å²) < 4.78 is 18.4. The Labute approximate surface area is 273 Å². The standard InChI is InChI=1S/C38H62N2O5/c1-11-25(3)29(7)36-33(43-36)21-38(8,9)18-12-13-27(5)35-28(6)16-17-32(26(4)15-14-24(2)19-34(41)45-35)44-37(42)40-23-30-20-31(40)22-39(30)10/h12-13,16-18,24-26,28-33,35-36H,11,14-15,19-23H2,1-10H3/b17-16+,18-12+,27-13+/t24?,25?,26?,28?,29?,30-,31-,32?,33?,35?,36?/m1/s1. The van der Waals surface area contributed by atoms with Crippen LogP contribution in [0.5, 0.6) is 0 Å². The molecule has 7 heteroatoms. The number of ether oxygens (including phenoxy) is 3. The van der Waals surface area contributed by atoms with Crippen LogP contribution in [0.2, 0.25) is 0 Å². The zero-order valence-corrected chi connectivity index (χ0v) is 29.8. The molecule has 4 aliphatic heterocycles. The van der Waals surface area contributed by atoms with Gasteiger partial charge >= 0.3 is 12.1 Å². The largest absolute Gasteiger partial charge is 0.457 e. The smallest absolute Gasteiger partial charge is 0.410 e. The van der Waals surface area contributed by atoms with E-state index in [0.717, 1.165) is 44.3 Å². The van der Waals surface area contributed by atoms with E-state index in [1.54, 1.807) is 0 Å². The Kier molecular flexibility index (Phi) is 12.1. The van der Waals surface area contributed by atoms with E-state index in [9.17, 15) is 9.59 Å². The van der Waals surface area contributed by atoms with Crippen LogP contribution in [0.25, 0.3) is 0 Å². The van der Waals surface area contributed by atoms with Crippen LogP contribution in [0.4, 0.5) is 4.79 Å². The molecule has 4 rings (SSSR count). The molecule has 0 aromatic carbocycles. The lowest BCUT2D eigenvalue weighted by Gasteiger charge is -2.33. The zero-order chi connectivity index (χ0) is 33.1. The number of cyclic esters (lactones) is 1. The van der Waals surface area contributed by atoms with Crippen molar-refractivity contribution in [3.05, 3.63) is 36.0 Å². The summed E-state index contributed by atoms with van der Waals surface area (Å²) in [5.74, 6) is 1.38. The number of carbonyl (C=O) groups is 2. The van der Waals surface area contributed by atoms with Crippen molar-refractivity contribution < 1.29 is 23.8 Å². The molecule has 0 radical (unpaired) electrons. The number of fused-ring (bicyclic) bond motifs is 2. The minimum Gasteiger partial charge on any atom is -0.457 e. The van der Waals surface area contributed by atoms with Crippen LogP contribution in [0.15, 0.2) is 36.0 Å². The predicted octanol–water partition coefficient (Wildman–Crippen LogP) is 7.81. The Balaban J connectivity index is 1.43. The summed E-state index contributed by atoms with van der Waals surface area (Å²) in [7, 11) is 2.14. The van der Waals surface area contributed by atoms with Crippen molar-refractivity contribution in [3.8, 4) is 0 Å². The number of hydrogen-bond donors (Lipinski definition) is 0. The molecule has 0 saturated carbocycles. The Bertz CT molecular complexity index is 1110. The van der Waals surface area contributed by atoms with Crippen molar-refractivity contribution in [3.63, 3.8) is 0 Å². The molecule has 0 aromatic rings. The molecule has 9 unspecified atom stereocenters. The summed E-state index contributed by atoms with van der Waals surface area (Å²) in [5.41, 5.74) is 0.995. The molecule has 2 bridgehead atoms. The molecule has 4 heterocycles. The second kappa shape index (κ2) is 15.2. The molecular weight excluding hydrogens is 564 g/mol. The minimum absolute atomic E-state index is 0.00696. The molecule has 0 spiro atoms. The highest BCUT2D eigenvalue weighted by Gasteiger charge is 2.46. The van der Waals surface area contributed by atoms with E-state index in [2.05, 4.69) is 91.6 Å². The molecule has 1 amide bonds. The Hall–Kier alpha value is -2.12. The quantitative estimate of drug-likeness (QED) is 0.113. The maximum Gasteiger partial charge on any atom is 0.410 e. The predicted molar refractivity (Wildman–Crippen MR) is 181 cm³/mol. The lowest BCUT2D eigenvalue weighted by Crippen LogP contribution is -2.48. The van der Waals surface area contributed by atoms with Gasteiger partial charge in [0.25, 0.3) is 0 Å². The number of likely N-dealkylation sites (N-methyl/N-ethyl adjacent to an activating group) is 1. The normalized spacial score (nSPS) is 37.1. The fourth-order valence-corrected chi connectivity index (χ4v) is 7.53. The number of allylic oxidation sites excluding steroid dienone is 3. The van der Waals surface area contributed by atoms with Gasteiger partial charge in [-0.1, -0.05) is 86.1 Å². The van der Waals surface area contributed by atoms with Gasteiger partial charge in [-0.2, -0.15) is 0 Å². The van der Waals surface area contributed by atoms with Crippen molar-refractivity contribution in [2.75, 3.05) is 20.1 Å². The zero-order valence-electron chi connectivity index (χ0n) is 29.8. The van der Waals surface area contributed by atoms with Crippen LogP contribution < -0.4 is 0 Å². The number of hydrogen-bond acceptors (Lipinski definition) is 6. The molecule has 45 heavy (non-hydrogen) atoms. The molecule has 7 nitrogen and oxygen atoms in total. The van der Waals surface area contributed by atoms with Crippen LogP contribution in [0.1, 0.15) is 101 Å². The van der Waals surface area contributed by atoms with E-state index in [1.807, 2.05) is 17.9 Å². The van der Waals surface area contributed by atoms with Gasteiger partial charge in [0.15, 0.2) is 0 Å². The van der Waals surface area contributed by atoms with Crippen molar-refractivity contribution >= 4 is 12.1 Å². The first kappa shape index (κ1) is 35.7. The lowest BCUT2D eigenvalue weighted by atomic mass is 9.83. The highest BCUT2D eigenvalue weighted by Crippen LogP contribution is 2.41. The first-order chi connectivity index (χ1) is 21.2. The average molecular weight is 627 g/mol. The number of nitrogens with zero attached hydrogens (tertiary/aromatic N) is 2. The third kappa shape index (κ3) is 9.47. The Morgan fingerprint density at radius 3 is 2.51 bits per heavy atom. The van der Waals surface area contributed by atoms with E-state index in [1.165, 1.54) is 6.42 Å². The number of carbonyl (C=O) groups excluding carboxylic acids is 2. The molecule has 254 valence electrons. The van der Waals surface area contributed by atoms with Crippen molar-refractivity contribution in [2.24, 2.45) is 35.0 Å². The van der Waals surface area contributed by atoms with E-state index < -0.39 is 6.10 Å². The van der Waals surface area contributed by atoms with Gasteiger partial charge in [0.1, 0.15) is 12.2 Å². The highest BCUT2D eigenvalue weighted by molar-refractivity contribution is 5.70. The van der Waals surface area contributed by atoms with Gasteiger partial charge in [-0.3, -0.25) is 9.69 Å². The number of rotatable bonds is 9. The second-order valence-electron chi connectivity index (χ2n) is 15.8. The third-order valence-electron chi connectivity index (χ3n) is 11.3. The van der Waals surface area contributed by atoms with Gasteiger partial charge in [0.05, 0.1) is 12.2 Å². The molecular formula is C38H62N2O5. The first-order valence-electron chi connectivity index (χ1n) is 17.8. The Morgan fingerprint density at radius 1 is 1.13 bits per heavy atom. The minimum atomic E-state index is -0.392. The lowest BCUT2D eigenvalue weighted by molar-refractivity contribution is -0.149. The number of likely N-dealkylation sites (tertiary alicyclic amines) is 2. The average Bonchev–Trinajstić information content (AvgIpc) is 3.44. The van der Waals surface area contributed by atoms with Gasteiger partial charge < -0.3 is 19.1 Å². The number of piperazine rings is 1. The van der Waals surface area contributed by atoms with E-state index in [0.29, 0.717) is 36.5 Å². The maximum atomic E-state index is 13.3. The topological polar surface area (TPSA) is 71.6 Å². The molecule has 3 saturated heterocycles. The first-order valence-corrected chi connectivity index (χ1v) is 17.8. The molecule has 0 N–H and O–H groups in total. The molecule has 11 atom stereocenters. The van der Waals surface area contributed by atoms with Crippen LogP contribution in [0, 0.1) is 35.0 Å². The third-order valence-corrected chi connectivity index (χ3v) is 11.3. The van der Waals surface area contributed by atoms with E-state index in [4.69, 9.17) is 14.2 Å². The van der Waals surface area contributed by atoms with Gasteiger partial charge in [-0.25, -0.2) is 4.79 Å². The van der Waals surface area contributed by atoms with Crippen LogP contribution in [-0.2, 0) is 19.0 Å². The number of amides is 1. The fourth-order valence-electron chi connectivity index (χ4n) is 7.53. The van der Waals surface area contributed by atoms with Gasteiger partial charge in [-0.05, 0) is 80.4 Å². The SMILES string of the molecule is CCC(C)C(C)C1OC1CC(C)(C)/C=C/C=C(\C)C1OC(=O)CC(C)CCC(C)C(OC(=O)N2C[C@H]3C[C@@H]2CN3C)/C=C/C1C. The van der Waals surface area contributed by atoms with E-state index >= 15 is 0 Å². The Morgan fingerprint density at radius 2 is 1.87 bits per heavy atom.